The van der Waals surface area contributed by atoms with E-state index in [2.05, 4.69) is 0 Å². The normalized spacial score (nSPS) is 10.4. The highest BCUT2D eigenvalue weighted by Gasteiger charge is 2.17. The van der Waals surface area contributed by atoms with Crippen LogP contribution in [0.1, 0.15) is 0 Å². The summed E-state index contributed by atoms with van der Waals surface area (Å²) in [5.74, 6) is 0. The van der Waals surface area contributed by atoms with E-state index in [9.17, 15) is 20.2 Å². The average Bonchev–Trinajstić information content (AvgIpc) is 3.04. The number of nitro groups is 2. The number of non-ortho nitro benzene ring substituents is 1. The molecular weight excluding hydrogens is 298 g/mol. The molecule has 0 radical (unpaired) electrons. The van der Waals surface area contributed by atoms with Crippen molar-refractivity contribution in [1.82, 2.24) is 4.57 Å². The van der Waals surface area contributed by atoms with Crippen molar-refractivity contribution < 1.29 is 9.85 Å². The molecule has 3 rings (SSSR count). The Morgan fingerprint density at radius 3 is 2.13 bits per heavy atom. The third kappa shape index (κ3) is 2.67. The minimum Gasteiger partial charge on any atom is -0.316 e. The van der Waals surface area contributed by atoms with E-state index in [0.29, 0.717) is 16.9 Å². The highest BCUT2D eigenvalue weighted by Crippen LogP contribution is 2.31. The van der Waals surface area contributed by atoms with Crippen LogP contribution in [0.3, 0.4) is 0 Å². The number of hydrogen-bond donors (Lipinski definition) is 0. The van der Waals surface area contributed by atoms with Crippen LogP contribution in [0.4, 0.5) is 11.4 Å². The quantitative estimate of drug-likeness (QED) is 0.538. The molecule has 0 aliphatic carbocycles. The Balaban J connectivity index is 2.10. The molecule has 0 amide bonds. The van der Waals surface area contributed by atoms with Gasteiger partial charge in [-0.2, -0.15) is 0 Å². The standard InChI is InChI=1S/C16H11N3O4/c20-18(21)13-9-7-12(8-10-13)17-11-3-6-15(17)14-4-1-2-5-16(14)19(22)23/h1-11H. The van der Waals surface area contributed by atoms with Gasteiger partial charge in [0.2, 0.25) is 0 Å². The molecule has 0 bridgehead atoms. The third-order valence-corrected chi connectivity index (χ3v) is 3.46. The van der Waals surface area contributed by atoms with Crippen molar-refractivity contribution in [3.8, 4) is 16.9 Å². The fourth-order valence-corrected chi connectivity index (χ4v) is 2.41. The molecule has 0 saturated carbocycles. The van der Waals surface area contributed by atoms with Gasteiger partial charge >= 0.3 is 0 Å². The minimum absolute atomic E-state index is 0.00634. The SMILES string of the molecule is O=[N+]([O-])c1ccc(-n2cccc2-c2ccccc2[N+](=O)[O-])cc1. The van der Waals surface area contributed by atoms with Gasteiger partial charge in [-0.3, -0.25) is 20.2 Å². The van der Waals surface area contributed by atoms with E-state index >= 15 is 0 Å². The van der Waals surface area contributed by atoms with E-state index in [1.54, 1.807) is 53.2 Å². The molecule has 1 heterocycles. The van der Waals surface area contributed by atoms with E-state index in [4.69, 9.17) is 0 Å². The minimum atomic E-state index is -0.470. The van der Waals surface area contributed by atoms with Crippen molar-refractivity contribution in [1.29, 1.82) is 0 Å². The second-order valence-electron chi connectivity index (χ2n) is 4.81. The van der Waals surface area contributed by atoms with Crippen molar-refractivity contribution in [3.05, 3.63) is 87.1 Å². The number of para-hydroxylation sites is 1. The van der Waals surface area contributed by atoms with Crippen LogP contribution in [0.2, 0.25) is 0 Å². The fraction of sp³-hybridized carbons (Fsp3) is 0. The summed E-state index contributed by atoms with van der Waals surface area (Å²) in [5, 5.41) is 21.9. The first-order valence-corrected chi connectivity index (χ1v) is 6.74. The third-order valence-electron chi connectivity index (χ3n) is 3.46. The maximum atomic E-state index is 11.2. The van der Waals surface area contributed by atoms with Crippen LogP contribution in [-0.4, -0.2) is 14.4 Å². The Kier molecular flexibility index (Phi) is 3.60. The van der Waals surface area contributed by atoms with Crippen LogP contribution in [0, 0.1) is 20.2 Å². The summed E-state index contributed by atoms with van der Waals surface area (Å²) in [6, 6.07) is 16.0. The summed E-state index contributed by atoms with van der Waals surface area (Å²) in [4.78, 5) is 21.0. The smallest absolute Gasteiger partial charge is 0.278 e. The molecule has 0 aliphatic heterocycles. The van der Waals surface area contributed by atoms with Gasteiger partial charge < -0.3 is 4.57 Å². The Morgan fingerprint density at radius 1 is 0.783 bits per heavy atom. The maximum absolute atomic E-state index is 11.2. The van der Waals surface area contributed by atoms with E-state index in [1.807, 2.05) is 0 Å². The van der Waals surface area contributed by atoms with Gasteiger partial charge in [-0.1, -0.05) is 12.1 Å². The van der Waals surface area contributed by atoms with Crippen LogP contribution < -0.4 is 0 Å². The number of aromatic nitrogens is 1. The van der Waals surface area contributed by atoms with Crippen LogP contribution in [0.25, 0.3) is 16.9 Å². The second-order valence-corrected chi connectivity index (χ2v) is 4.81. The van der Waals surface area contributed by atoms with Crippen molar-refractivity contribution in [3.63, 3.8) is 0 Å². The highest BCUT2D eigenvalue weighted by molar-refractivity contribution is 5.72. The molecule has 2 aromatic carbocycles. The van der Waals surface area contributed by atoms with E-state index in [0.717, 1.165) is 0 Å². The van der Waals surface area contributed by atoms with Gasteiger partial charge in [0.25, 0.3) is 11.4 Å². The molecule has 7 nitrogen and oxygen atoms in total. The highest BCUT2D eigenvalue weighted by atomic mass is 16.6. The molecule has 0 N–H and O–H groups in total. The van der Waals surface area contributed by atoms with E-state index in [-0.39, 0.29) is 11.4 Å². The Morgan fingerprint density at radius 2 is 1.48 bits per heavy atom. The molecule has 1 aromatic heterocycles. The fourth-order valence-electron chi connectivity index (χ4n) is 2.41. The van der Waals surface area contributed by atoms with Gasteiger partial charge in [0.1, 0.15) is 0 Å². The first kappa shape index (κ1) is 14.5. The van der Waals surface area contributed by atoms with Crippen LogP contribution >= 0.6 is 0 Å². The lowest BCUT2D eigenvalue weighted by Gasteiger charge is -2.09. The van der Waals surface area contributed by atoms with E-state index in [1.165, 1.54) is 18.2 Å². The summed E-state index contributed by atoms with van der Waals surface area (Å²) in [7, 11) is 0. The van der Waals surface area contributed by atoms with Crippen LogP contribution in [-0.2, 0) is 0 Å². The van der Waals surface area contributed by atoms with Crippen molar-refractivity contribution in [2.45, 2.75) is 0 Å². The van der Waals surface area contributed by atoms with Gasteiger partial charge in [0.15, 0.2) is 0 Å². The first-order valence-electron chi connectivity index (χ1n) is 6.74. The lowest BCUT2D eigenvalue weighted by Crippen LogP contribution is -1.98. The molecule has 0 atom stereocenters. The van der Waals surface area contributed by atoms with Crippen molar-refractivity contribution in [2.24, 2.45) is 0 Å². The second kappa shape index (κ2) is 5.72. The summed E-state index contributed by atoms with van der Waals surface area (Å²) in [5.41, 5.74) is 1.82. The van der Waals surface area contributed by atoms with Crippen molar-refractivity contribution >= 4 is 11.4 Å². The number of hydrogen-bond acceptors (Lipinski definition) is 4. The zero-order valence-corrected chi connectivity index (χ0v) is 11.8. The predicted molar refractivity (Wildman–Crippen MR) is 84.5 cm³/mol. The molecule has 0 aliphatic rings. The summed E-state index contributed by atoms with van der Waals surface area (Å²) in [6.07, 6.45) is 1.76. The number of nitro benzene ring substituents is 2. The topological polar surface area (TPSA) is 91.2 Å². The van der Waals surface area contributed by atoms with Gasteiger partial charge in [-0.25, -0.2) is 0 Å². The molecule has 0 unspecified atom stereocenters. The lowest BCUT2D eigenvalue weighted by atomic mass is 10.1. The summed E-state index contributed by atoms with van der Waals surface area (Å²) in [6.45, 7) is 0. The molecule has 0 fully saturated rings. The summed E-state index contributed by atoms with van der Waals surface area (Å²) < 4.78 is 1.76. The molecule has 3 aromatic rings. The van der Waals surface area contributed by atoms with Crippen LogP contribution in [0.15, 0.2) is 66.9 Å². The van der Waals surface area contributed by atoms with Crippen LogP contribution in [0.5, 0.6) is 0 Å². The van der Waals surface area contributed by atoms with Crippen molar-refractivity contribution in [2.75, 3.05) is 0 Å². The molecule has 0 saturated heterocycles. The predicted octanol–water partition coefficient (Wildman–Crippen LogP) is 3.96. The summed E-state index contributed by atoms with van der Waals surface area (Å²) >= 11 is 0. The van der Waals surface area contributed by atoms with E-state index < -0.39 is 9.85 Å². The Bertz CT molecular complexity index is 884. The Labute approximate surface area is 130 Å². The van der Waals surface area contributed by atoms with Gasteiger partial charge in [-0.15, -0.1) is 0 Å². The number of rotatable bonds is 4. The molecular formula is C16H11N3O4. The zero-order chi connectivity index (χ0) is 16.4. The van der Waals surface area contributed by atoms with Gasteiger partial charge in [0.05, 0.1) is 21.1 Å². The molecule has 114 valence electrons. The average molecular weight is 309 g/mol. The molecule has 23 heavy (non-hydrogen) atoms. The molecule has 0 spiro atoms. The zero-order valence-electron chi connectivity index (χ0n) is 11.8. The number of nitrogens with zero attached hydrogens (tertiary/aromatic N) is 3. The molecule has 7 heteroatoms. The number of benzene rings is 2. The monoisotopic (exact) mass is 309 g/mol. The lowest BCUT2D eigenvalue weighted by molar-refractivity contribution is -0.384. The van der Waals surface area contributed by atoms with Gasteiger partial charge in [-0.05, 0) is 30.3 Å². The first-order chi connectivity index (χ1) is 11.1. The van der Waals surface area contributed by atoms with Gasteiger partial charge in [0, 0.05) is 30.1 Å². The largest absolute Gasteiger partial charge is 0.316 e. The Hall–Kier alpha value is -3.48. The maximum Gasteiger partial charge on any atom is 0.278 e.